The Balaban J connectivity index is 1.87. The summed E-state index contributed by atoms with van der Waals surface area (Å²) in [6, 6.07) is 2.98. The van der Waals surface area contributed by atoms with Gasteiger partial charge < -0.3 is 4.90 Å². The van der Waals surface area contributed by atoms with Gasteiger partial charge in [0.15, 0.2) is 0 Å². The van der Waals surface area contributed by atoms with E-state index in [4.69, 9.17) is 6.42 Å². The summed E-state index contributed by atoms with van der Waals surface area (Å²) in [4.78, 5) is 13.4. The Bertz CT molecular complexity index is 449. The molecule has 3 heterocycles. The number of hydrogen-bond acceptors (Lipinski definition) is 4. The van der Waals surface area contributed by atoms with Crippen LogP contribution < -0.4 is 4.90 Å². The molecule has 2 fully saturated rings. The fourth-order valence-corrected chi connectivity index (χ4v) is 2.68. The molecule has 4 nitrogen and oxygen atoms in total. The molecule has 0 aromatic carbocycles. The number of rotatable bonds is 1. The van der Waals surface area contributed by atoms with Gasteiger partial charge in [-0.1, -0.05) is 5.92 Å². The lowest BCUT2D eigenvalue weighted by atomic mass is 10.2. The van der Waals surface area contributed by atoms with E-state index in [9.17, 15) is 0 Å². The molecule has 0 N–H and O–H groups in total. The zero-order chi connectivity index (χ0) is 11.1. The molecule has 0 saturated carbocycles. The van der Waals surface area contributed by atoms with Gasteiger partial charge in [-0.3, -0.25) is 4.90 Å². The van der Waals surface area contributed by atoms with E-state index in [-0.39, 0.29) is 0 Å². The van der Waals surface area contributed by atoms with Gasteiger partial charge in [-0.2, -0.15) is 0 Å². The van der Waals surface area contributed by atoms with E-state index >= 15 is 0 Å². The highest BCUT2D eigenvalue weighted by Crippen LogP contribution is 2.31. The Morgan fingerprint density at radius 1 is 1.44 bits per heavy atom. The van der Waals surface area contributed by atoms with Crippen molar-refractivity contribution in [1.82, 2.24) is 14.9 Å². The highest BCUT2D eigenvalue weighted by molar-refractivity contribution is 5.39. The summed E-state index contributed by atoms with van der Waals surface area (Å²) in [6.45, 7) is 2.13. The second-order valence-corrected chi connectivity index (χ2v) is 4.52. The summed E-state index contributed by atoms with van der Waals surface area (Å²) in [7, 11) is 2.18. The van der Waals surface area contributed by atoms with Crippen molar-refractivity contribution in [3.8, 4) is 12.3 Å². The molecule has 4 heteroatoms. The summed E-state index contributed by atoms with van der Waals surface area (Å²) >= 11 is 0. The van der Waals surface area contributed by atoms with Crippen LogP contribution >= 0.6 is 0 Å². The lowest BCUT2D eigenvalue weighted by Gasteiger charge is -2.31. The molecule has 3 rings (SSSR count). The van der Waals surface area contributed by atoms with Crippen molar-refractivity contribution in [3.63, 3.8) is 0 Å². The van der Waals surface area contributed by atoms with Gasteiger partial charge in [0.2, 0.25) is 5.95 Å². The molecule has 2 aliphatic rings. The van der Waals surface area contributed by atoms with Crippen LogP contribution in [-0.2, 0) is 0 Å². The summed E-state index contributed by atoms with van der Waals surface area (Å²) in [5.74, 6) is 3.34. The number of likely N-dealkylation sites (N-methyl/N-ethyl adjacent to an activating group) is 1. The van der Waals surface area contributed by atoms with Crippen LogP contribution in [0.5, 0.6) is 0 Å². The first-order valence-corrected chi connectivity index (χ1v) is 5.54. The highest BCUT2D eigenvalue weighted by atomic mass is 15.4. The molecule has 16 heavy (non-hydrogen) atoms. The number of anilines is 1. The first kappa shape index (κ1) is 9.61. The molecule has 0 unspecified atom stereocenters. The monoisotopic (exact) mass is 214 g/mol. The van der Waals surface area contributed by atoms with Crippen molar-refractivity contribution in [2.75, 3.05) is 25.0 Å². The maximum Gasteiger partial charge on any atom is 0.226 e. The lowest BCUT2D eigenvalue weighted by Crippen LogP contribution is -2.45. The van der Waals surface area contributed by atoms with Gasteiger partial charge in [0.1, 0.15) is 5.69 Å². The Labute approximate surface area is 95.3 Å². The number of likely N-dealkylation sites (tertiary alicyclic amines) is 1. The van der Waals surface area contributed by atoms with Crippen molar-refractivity contribution in [1.29, 1.82) is 0 Å². The van der Waals surface area contributed by atoms with Crippen LogP contribution in [0.1, 0.15) is 12.1 Å². The predicted molar refractivity (Wildman–Crippen MR) is 62.1 cm³/mol. The number of hydrogen-bond donors (Lipinski definition) is 0. The quantitative estimate of drug-likeness (QED) is 0.631. The topological polar surface area (TPSA) is 32.3 Å². The van der Waals surface area contributed by atoms with Gasteiger partial charge in [0.05, 0.1) is 0 Å². The zero-order valence-corrected chi connectivity index (χ0v) is 9.30. The van der Waals surface area contributed by atoms with E-state index in [1.807, 2.05) is 0 Å². The van der Waals surface area contributed by atoms with E-state index in [1.54, 1.807) is 12.3 Å². The van der Waals surface area contributed by atoms with Crippen LogP contribution in [0.4, 0.5) is 5.95 Å². The highest BCUT2D eigenvalue weighted by Gasteiger charge is 2.42. The van der Waals surface area contributed by atoms with E-state index in [1.165, 1.54) is 6.42 Å². The van der Waals surface area contributed by atoms with Gasteiger partial charge >= 0.3 is 0 Å². The molecule has 2 saturated heterocycles. The average molecular weight is 214 g/mol. The fourth-order valence-electron chi connectivity index (χ4n) is 2.68. The third kappa shape index (κ3) is 1.36. The molecule has 2 bridgehead atoms. The van der Waals surface area contributed by atoms with Gasteiger partial charge in [-0.25, -0.2) is 9.97 Å². The standard InChI is InChI=1S/C12H14N4/c1-3-9-4-5-13-12(14-9)16-8-10-6-11(16)7-15(10)2/h1,4-5,10-11H,6-8H2,2H3/t10-,11-/m0/s1. The zero-order valence-electron chi connectivity index (χ0n) is 9.30. The molecule has 0 radical (unpaired) electrons. The van der Waals surface area contributed by atoms with Crippen LogP contribution in [0.3, 0.4) is 0 Å². The summed E-state index contributed by atoms with van der Waals surface area (Å²) in [5.41, 5.74) is 0.668. The van der Waals surface area contributed by atoms with Crippen molar-refractivity contribution in [2.24, 2.45) is 0 Å². The van der Waals surface area contributed by atoms with Gasteiger partial charge in [0, 0.05) is 31.4 Å². The van der Waals surface area contributed by atoms with Crippen LogP contribution in [0, 0.1) is 12.3 Å². The molecule has 1 aromatic heterocycles. The molecule has 0 spiro atoms. The number of aromatic nitrogens is 2. The molecule has 0 aliphatic carbocycles. The third-order valence-electron chi connectivity index (χ3n) is 3.56. The van der Waals surface area contributed by atoms with Gasteiger partial charge in [-0.15, -0.1) is 6.42 Å². The number of nitrogens with zero attached hydrogens (tertiary/aromatic N) is 4. The van der Waals surface area contributed by atoms with Crippen molar-refractivity contribution in [3.05, 3.63) is 18.0 Å². The third-order valence-corrected chi connectivity index (χ3v) is 3.56. The second kappa shape index (κ2) is 3.46. The van der Waals surface area contributed by atoms with Crippen molar-refractivity contribution >= 4 is 5.95 Å². The minimum Gasteiger partial charge on any atom is -0.335 e. The number of piperazine rings is 1. The normalized spacial score (nSPS) is 28.4. The fraction of sp³-hybridized carbons (Fsp3) is 0.500. The summed E-state index contributed by atoms with van der Waals surface area (Å²) in [6.07, 6.45) is 8.31. The van der Waals surface area contributed by atoms with Crippen molar-refractivity contribution in [2.45, 2.75) is 18.5 Å². The maximum atomic E-state index is 5.35. The Kier molecular flexibility index (Phi) is 2.08. The second-order valence-electron chi connectivity index (χ2n) is 4.52. The van der Waals surface area contributed by atoms with Crippen LogP contribution in [0.2, 0.25) is 0 Å². The number of fused-ring (bicyclic) bond motifs is 2. The van der Waals surface area contributed by atoms with Gasteiger partial charge in [-0.05, 0) is 19.5 Å². The first-order valence-electron chi connectivity index (χ1n) is 5.54. The molecule has 1 aromatic rings. The SMILES string of the molecule is C#Cc1ccnc(N2C[C@@H]3C[C@H]2CN3C)n1. The largest absolute Gasteiger partial charge is 0.335 e. The predicted octanol–water partition coefficient (Wildman–Crippen LogP) is 0.351. The first-order chi connectivity index (χ1) is 7.78. The van der Waals surface area contributed by atoms with Crippen LogP contribution in [-0.4, -0.2) is 47.1 Å². The molecule has 2 atom stereocenters. The lowest BCUT2D eigenvalue weighted by molar-refractivity contribution is 0.291. The Hall–Kier alpha value is -1.60. The average Bonchev–Trinajstić information content (AvgIpc) is 2.88. The minimum atomic E-state index is 0.558. The molecule has 2 aliphatic heterocycles. The molecular formula is C12H14N4. The van der Waals surface area contributed by atoms with Crippen LogP contribution in [0.25, 0.3) is 0 Å². The maximum absolute atomic E-state index is 5.35. The minimum absolute atomic E-state index is 0.558. The molecule has 82 valence electrons. The van der Waals surface area contributed by atoms with Crippen molar-refractivity contribution < 1.29 is 0 Å². The van der Waals surface area contributed by atoms with E-state index in [2.05, 4.69) is 32.7 Å². The summed E-state index contributed by atoms with van der Waals surface area (Å²) < 4.78 is 0. The van der Waals surface area contributed by atoms with E-state index in [0.29, 0.717) is 17.8 Å². The Morgan fingerprint density at radius 2 is 2.31 bits per heavy atom. The molecular weight excluding hydrogens is 200 g/mol. The van der Waals surface area contributed by atoms with Gasteiger partial charge in [0.25, 0.3) is 0 Å². The van der Waals surface area contributed by atoms with E-state index < -0.39 is 0 Å². The number of terminal acetylenes is 1. The van der Waals surface area contributed by atoms with E-state index in [0.717, 1.165) is 19.0 Å². The molecule has 0 amide bonds. The van der Waals surface area contributed by atoms with Crippen LogP contribution in [0.15, 0.2) is 12.3 Å². The Morgan fingerprint density at radius 3 is 2.94 bits per heavy atom. The smallest absolute Gasteiger partial charge is 0.226 e. The summed E-state index contributed by atoms with van der Waals surface area (Å²) in [5, 5.41) is 0.